The summed E-state index contributed by atoms with van der Waals surface area (Å²) in [7, 11) is -3.78. The summed E-state index contributed by atoms with van der Waals surface area (Å²) in [5, 5.41) is 0. The van der Waals surface area contributed by atoms with Gasteiger partial charge in [0.25, 0.3) is 15.9 Å². The number of hydrogen-bond acceptors (Lipinski definition) is 5. The molecule has 4 N–H and O–H groups in total. The summed E-state index contributed by atoms with van der Waals surface area (Å²) in [5.74, 6) is 0.448. The lowest BCUT2D eigenvalue weighted by molar-refractivity contribution is -0.119. The van der Waals surface area contributed by atoms with Crippen LogP contribution in [0.1, 0.15) is 5.56 Å². The van der Waals surface area contributed by atoms with E-state index in [1.807, 2.05) is 25.1 Å². The smallest absolute Gasteiger partial charge is 0.261 e. The average molecular weight is 436 g/mol. The van der Waals surface area contributed by atoms with Crippen LogP contribution in [0.15, 0.2) is 71.6 Å². The van der Waals surface area contributed by atoms with Gasteiger partial charge < -0.3 is 15.5 Å². The van der Waals surface area contributed by atoms with E-state index in [0.29, 0.717) is 17.3 Å². The molecule has 4 aromatic rings. The maximum absolute atomic E-state index is 12.6. The number of fused-ring (bicyclic) bond motifs is 1. The fourth-order valence-corrected chi connectivity index (χ4v) is 4.10. The highest BCUT2D eigenvalue weighted by Crippen LogP contribution is 2.24. The second-order valence-corrected chi connectivity index (χ2v) is 8.70. The SMILES string of the molecule is Cc1ccc2nc(-c3ccc(NS(=O)(=O)c4ccc(OCC(N)=O)cc4)cc3)[nH]c2c1. The number of rotatable bonds is 7. The second kappa shape index (κ2) is 8.11. The zero-order valence-electron chi connectivity index (χ0n) is 16.6. The van der Waals surface area contributed by atoms with Gasteiger partial charge in [-0.3, -0.25) is 9.52 Å². The van der Waals surface area contributed by atoms with Crippen LogP contribution in [0.4, 0.5) is 5.69 Å². The number of carbonyl (C=O) groups is 1. The number of aryl methyl sites for hydroxylation is 1. The largest absolute Gasteiger partial charge is 0.484 e. The highest BCUT2D eigenvalue weighted by Gasteiger charge is 2.15. The van der Waals surface area contributed by atoms with Crippen LogP contribution in [-0.2, 0) is 14.8 Å². The third-order valence-corrected chi connectivity index (χ3v) is 5.96. The summed E-state index contributed by atoms with van der Waals surface area (Å²) < 4.78 is 33.0. The molecule has 1 heterocycles. The molecule has 0 radical (unpaired) electrons. The Kier molecular flexibility index (Phi) is 5.35. The van der Waals surface area contributed by atoms with Gasteiger partial charge >= 0.3 is 0 Å². The average Bonchev–Trinajstić information content (AvgIpc) is 3.16. The summed E-state index contributed by atoms with van der Waals surface area (Å²) in [5.41, 5.74) is 9.24. The Labute approximate surface area is 179 Å². The number of nitrogens with two attached hydrogens (primary N) is 1. The van der Waals surface area contributed by atoms with E-state index in [9.17, 15) is 13.2 Å². The molecule has 0 aliphatic heterocycles. The van der Waals surface area contributed by atoms with Gasteiger partial charge in [0, 0.05) is 11.3 Å². The lowest BCUT2D eigenvalue weighted by Gasteiger charge is -2.09. The van der Waals surface area contributed by atoms with Crippen molar-refractivity contribution in [1.29, 1.82) is 0 Å². The summed E-state index contributed by atoms with van der Waals surface area (Å²) in [6.07, 6.45) is 0. The number of amides is 1. The van der Waals surface area contributed by atoms with Crippen LogP contribution in [0, 0.1) is 6.92 Å². The molecular formula is C22H20N4O4S. The Hall–Kier alpha value is -3.85. The zero-order valence-corrected chi connectivity index (χ0v) is 17.4. The van der Waals surface area contributed by atoms with Crippen molar-refractivity contribution >= 4 is 32.7 Å². The number of benzene rings is 3. The number of hydrogen-bond donors (Lipinski definition) is 3. The molecule has 0 fully saturated rings. The molecule has 1 aromatic heterocycles. The maximum Gasteiger partial charge on any atom is 0.261 e. The first-order valence-electron chi connectivity index (χ1n) is 9.41. The number of imidazole rings is 1. The van der Waals surface area contributed by atoms with Gasteiger partial charge in [-0.1, -0.05) is 6.07 Å². The number of nitrogens with zero attached hydrogens (tertiary/aromatic N) is 1. The minimum atomic E-state index is -3.78. The van der Waals surface area contributed by atoms with E-state index in [0.717, 1.165) is 22.2 Å². The number of aromatic amines is 1. The second-order valence-electron chi connectivity index (χ2n) is 7.02. The van der Waals surface area contributed by atoms with Gasteiger partial charge in [0.2, 0.25) is 0 Å². The van der Waals surface area contributed by atoms with Crippen molar-refractivity contribution in [2.24, 2.45) is 5.73 Å². The number of ether oxygens (including phenoxy) is 1. The Bertz CT molecular complexity index is 1340. The molecule has 3 aromatic carbocycles. The third-order valence-electron chi connectivity index (χ3n) is 4.56. The highest BCUT2D eigenvalue weighted by molar-refractivity contribution is 7.92. The molecule has 0 bridgehead atoms. The number of H-pyrrole nitrogens is 1. The van der Waals surface area contributed by atoms with Crippen molar-refractivity contribution in [2.75, 3.05) is 11.3 Å². The van der Waals surface area contributed by atoms with Crippen LogP contribution in [0.5, 0.6) is 5.75 Å². The van der Waals surface area contributed by atoms with Gasteiger partial charge in [0.15, 0.2) is 6.61 Å². The van der Waals surface area contributed by atoms with Crippen molar-refractivity contribution in [3.05, 3.63) is 72.3 Å². The van der Waals surface area contributed by atoms with Crippen molar-refractivity contribution in [2.45, 2.75) is 11.8 Å². The van der Waals surface area contributed by atoms with Gasteiger partial charge in [-0.2, -0.15) is 0 Å². The Morgan fingerprint density at radius 1 is 1.06 bits per heavy atom. The standard InChI is InChI=1S/C22H20N4O4S/c1-14-2-11-19-20(12-14)25-22(24-19)15-3-5-16(6-4-15)26-31(28,29)18-9-7-17(8-10-18)30-13-21(23)27/h2-12,26H,13H2,1H3,(H2,23,27)(H,24,25). The van der Waals surface area contributed by atoms with E-state index < -0.39 is 15.9 Å². The number of carbonyl (C=O) groups excluding carboxylic acids is 1. The molecule has 0 saturated heterocycles. The predicted molar refractivity (Wildman–Crippen MR) is 118 cm³/mol. The molecule has 9 heteroatoms. The number of sulfonamides is 1. The molecule has 0 aliphatic rings. The van der Waals surface area contributed by atoms with E-state index in [4.69, 9.17) is 10.5 Å². The first kappa shape index (κ1) is 20.4. The van der Waals surface area contributed by atoms with E-state index in [-0.39, 0.29) is 11.5 Å². The molecular weight excluding hydrogens is 416 g/mol. The molecule has 158 valence electrons. The van der Waals surface area contributed by atoms with E-state index in [1.165, 1.54) is 24.3 Å². The zero-order chi connectivity index (χ0) is 22.0. The van der Waals surface area contributed by atoms with Crippen LogP contribution >= 0.6 is 0 Å². The maximum atomic E-state index is 12.6. The third kappa shape index (κ3) is 4.67. The fourth-order valence-electron chi connectivity index (χ4n) is 3.04. The van der Waals surface area contributed by atoms with Crippen LogP contribution in [0.2, 0.25) is 0 Å². The van der Waals surface area contributed by atoms with Crippen LogP contribution in [0.3, 0.4) is 0 Å². The van der Waals surface area contributed by atoms with Gasteiger partial charge in [0.05, 0.1) is 15.9 Å². The molecule has 0 aliphatic carbocycles. The number of anilines is 1. The summed E-state index contributed by atoms with van der Waals surface area (Å²) in [6, 6.07) is 18.6. The van der Waals surface area contributed by atoms with Crippen LogP contribution in [-0.4, -0.2) is 30.9 Å². The molecule has 0 spiro atoms. The minimum absolute atomic E-state index is 0.0654. The molecule has 1 amide bonds. The van der Waals surface area contributed by atoms with E-state index in [1.54, 1.807) is 24.3 Å². The Morgan fingerprint density at radius 3 is 2.45 bits per heavy atom. The Balaban J connectivity index is 1.49. The molecule has 8 nitrogen and oxygen atoms in total. The molecule has 0 unspecified atom stereocenters. The molecule has 0 saturated carbocycles. The van der Waals surface area contributed by atoms with Crippen LogP contribution in [0.25, 0.3) is 22.4 Å². The fraction of sp³-hybridized carbons (Fsp3) is 0.0909. The topological polar surface area (TPSA) is 127 Å². The van der Waals surface area contributed by atoms with Gasteiger partial charge in [-0.05, 0) is 73.2 Å². The van der Waals surface area contributed by atoms with Crippen molar-refractivity contribution < 1.29 is 17.9 Å². The van der Waals surface area contributed by atoms with E-state index in [2.05, 4.69) is 14.7 Å². The van der Waals surface area contributed by atoms with E-state index >= 15 is 0 Å². The molecule has 31 heavy (non-hydrogen) atoms. The highest BCUT2D eigenvalue weighted by atomic mass is 32.2. The number of nitrogens with one attached hydrogen (secondary N) is 2. The summed E-state index contributed by atoms with van der Waals surface area (Å²) in [6.45, 7) is 1.74. The first-order chi connectivity index (χ1) is 14.8. The summed E-state index contributed by atoms with van der Waals surface area (Å²) in [4.78, 5) is 18.7. The van der Waals surface area contributed by atoms with Gasteiger partial charge in [-0.25, -0.2) is 13.4 Å². The minimum Gasteiger partial charge on any atom is -0.484 e. The van der Waals surface area contributed by atoms with Crippen molar-refractivity contribution in [3.8, 4) is 17.1 Å². The number of aromatic nitrogens is 2. The Morgan fingerprint density at radius 2 is 1.77 bits per heavy atom. The van der Waals surface area contributed by atoms with Gasteiger partial charge in [0.1, 0.15) is 11.6 Å². The van der Waals surface area contributed by atoms with Crippen LogP contribution < -0.4 is 15.2 Å². The first-order valence-corrected chi connectivity index (χ1v) is 10.9. The monoisotopic (exact) mass is 436 g/mol. The normalized spacial score (nSPS) is 11.4. The summed E-state index contributed by atoms with van der Waals surface area (Å²) >= 11 is 0. The van der Waals surface area contributed by atoms with Crippen molar-refractivity contribution in [1.82, 2.24) is 9.97 Å². The van der Waals surface area contributed by atoms with Crippen molar-refractivity contribution in [3.63, 3.8) is 0 Å². The number of primary amides is 1. The molecule has 4 rings (SSSR count). The molecule has 0 atom stereocenters. The van der Waals surface area contributed by atoms with Gasteiger partial charge in [-0.15, -0.1) is 0 Å². The lowest BCUT2D eigenvalue weighted by Crippen LogP contribution is -2.20. The lowest BCUT2D eigenvalue weighted by atomic mass is 10.2. The quantitative estimate of drug-likeness (QED) is 0.410. The predicted octanol–water partition coefficient (Wildman–Crippen LogP) is 3.20.